The highest BCUT2D eigenvalue weighted by molar-refractivity contribution is 7.09. The van der Waals surface area contributed by atoms with Crippen LogP contribution >= 0.6 is 11.3 Å². The van der Waals surface area contributed by atoms with Gasteiger partial charge in [-0.05, 0) is 43.7 Å². The molecule has 0 aliphatic carbocycles. The van der Waals surface area contributed by atoms with Gasteiger partial charge >= 0.3 is 5.97 Å². The van der Waals surface area contributed by atoms with Crippen LogP contribution in [-0.4, -0.2) is 24.0 Å². The van der Waals surface area contributed by atoms with E-state index in [0.29, 0.717) is 17.9 Å². The van der Waals surface area contributed by atoms with Gasteiger partial charge in [-0.25, -0.2) is 4.98 Å². The summed E-state index contributed by atoms with van der Waals surface area (Å²) in [6.45, 7) is 4.31. The first-order chi connectivity index (χ1) is 14.4. The summed E-state index contributed by atoms with van der Waals surface area (Å²) in [5, 5.41) is 5.88. The van der Waals surface area contributed by atoms with Gasteiger partial charge in [0.25, 0.3) is 5.91 Å². The summed E-state index contributed by atoms with van der Waals surface area (Å²) >= 11 is 1.58. The number of ether oxygens (including phenoxy) is 2. The molecule has 1 atom stereocenters. The van der Waals surface area contributed by atoms with E-state index in [1.165, 1.54) is 7.11 Å². The molecule has 30 heavy (non-hydrogen) atoms. The standard InChI is InChI=1S/C23H24N2O4S/c1-15-4-6-17(7-5-15)21(12-22(26)28-3)25-23(27)18-8-10-20(11-9-18)29-13-19-14-30-16(2)24-19/h4-11,14,21H,12-13H2,1-3H3,(H,25,27). The molecule has 156 valence electrons. The number of rotatable bonds is 8. The van der Waals surface area contributed by atoms with E-state index in [2.05, 4.69) is 10.3 Å². The number of carbonyl (C=O) groups excluding carboxylic acids is 2. The van der Waals surface area contributed by atoms with Gasteiger partial charge < -0.3 is 14.8 Å². The summed E-state index contributed by atoms with van der Waals surface area (Å²) in [5.41, 5.74) is 3.31. The Bertz CT molecular complexity index is 997. The highest BCUT2D eigenvalue weighted by atomic mass is 32.1. The van der Waals surface area contributed by atoms with E-state index >= 15 is 0 Å². The molecule has 0 aliphatic rings. The lowest BCUT2D eigenvalue weighted by molar-refractivity contribution is -0.141. The van der Waals surface area contributed by atoms with Crippen LogP contribution in [0.1, 0.15) is 44.6 Å². The lowest BCUT2D eigenvalue weighted by Gasteiger charge is -2.18. The summed E-state index contributed by atoms with van der Waals surface area (Å²) in [6, 6.07) is 14.1. The Hall–Kier alpha value is -3.19. The van der Waals surface area contributed by atoms with Crippen LogP contribution in [0.15, 0.2) is 53.9 Å². The van der Waals surface area contributed by atoms with Crippen molar-refractivity contribution in [3.63, 3.8) is 0 Å². The van der Waals surface area contributed by atoms with Crippen LogP contribution in [-0.2, 0) is 16.1 Å². The number of carbonyl (C=O) groups is 2. The van der Waals surface area contributed by atoms with Crippen molar-refractivity contribution in [3.05, 3.63) is 81.3 Å². The molecule has 6 nitrogen and oxygen atoms in total. The average Bonchev–Trinajstić information content (AvgIpc) is 3.17. The summed E-state index contributed by atoms with van der Waals surface area (Å²) in [5.74, 6) is -0.00472. The van der Waals surface area contributed by atoms with Gasteiger partial charge in [-0.2, -0.15) is 0 Å². The highest BCUT2D eigenvalue weighted by Crippen LogP contribution is 2.20. The Labute approximate surface area is 179 Å². The molecule has 0 fully saturated rings. The van der Waals surface area contributed by atoms with Crippen LogP contribution in [0.3, 0.4) is 0 Å². The molecule has 1 heterocycles. The van der Waals surface area contributed by atoms with Gasteiger partial charge in [0, 0.05) is 10.9 Å². The minimum Gasteiger partial charge on any atom is -0.487 e. The Morgan fingerprint density at radius 3 is 2.37 bits per heavy atom. The molecular weight excluding hydrogens is 400 g/mol. The van der Waals surface area contributed by atoms with E-state index in [0.717, 1.165) is 21.8 Å². The molecular formula is C23H24N2O4S. The first kappa shape index (κ1) is 21.5. The van der Waals surface area contributed by atoms with Crippen LogP contribution in [0.5, 0.6) is 5.75 Å². The zero-order valence-electron chi connectivity index (χ0n) is 17.2. The van der Waals surface area contributed by atoms with Crippen molar-refractivity contribution >= 4 is 23.2 Å². The number of methoxy groups -OCH3 is 1. The Morgan fingerprint density at radius 2 is 1.77 bits per heavy atom. The summed E-state index contributed by atoms with van der Waals surface area (Å²) in [4.78, 5) is 28.9. The first-order valence-electron chi connectivity index (χ1n) is 9.52. The molecule has 0 spiro atoms. The maximum absolute atomic E-state index is 12.7. The second-order valence-corrected chi connectivity index (χ2v) is 7.95. The van der Waals surface area contributed by atoms with E-state index in [1.807, 2.05) is 43.5 Å². The molecule has 0 bridgehead atoms. The van der Waals surface area contributed by atoms with Crippen molar-refractivity contribution in [1.82, 2.24) is 10.3 Å². The summed E-state index contributed by atoms with van der Waals surface area (Å²) in [6.07, 6.45) is 0.0551. The van der Waals surface area contributed by atoms with Crippen molar-refractivity contribution < 1.29 is 19.1 Å². The van der Waals surface area contributed by atoms with E-state index in [4.69, 9.17) is 9.47 Å². The third-order valence-electron chi connectivity index (χ3n) is 4.55. The number of hydrogen-bond acceptors (Lipinski definition) is 6. The van der Waals surface area contributed by atoms with Gasteiger partial charge in [-0.1, -0.05) is 29.8 Å². The molecule has 7 heteroatoms. The van der Waals surface area contributed by atoms with Crippen molar-refractivity contribution in [3.8, 4) is 5.75 Å². The molecule has 0 radical (unpaired) electrons. The number of hydrogen-bond donors (Lipinski definition) is 1. The second kappa shape index (κ2) is 10.0. The second-order valence-electron chi connectivity index (χ2n) is 6.89. The van der Waals surface area contributed by atoms with Gasteiger partial charge in [-0.15, -0.1) is 11.3 Å². The number of aryl methyl sites for hydroxylation is 2. The number of benzene rings is 2. The lowest BCUT2D eigenvalue weighted by atomic mass is 10.0. The Balaban J connectivity index is 1.65. The average molecular weight is 425 g/mol. The molecule has 0 saturated carbocycles. The maximum atomic E-state index is 12.7. The minimum absolute atomic E-state index is 0.0551. The molecule has 1 aromatic heterocycles. The van der Waals surface area contributed by atoms with Crippen LogP contribution in [0.2, 0.25) is 0 Å². The molecule has 3 aromatic rings. The number of amides is 1. The molecule has 0 aliphatic heterocycles. The topological polar surface area (TPSA) is 77.5 Å². The van der Waals surface area contributed by atoms with Crippen LogP contribution < -0.4 is 10.1 Å². The lowest BCUT2D eigenvalue weighted by Crippen LogP contribution is -2.30. The summed E-state index contributed by atoms with van der Waals surface area (Å²) in [7, 11) is 1.34. The van der Waals surface area contributed by atoms with Crippen molar-refractivity contribution in [2.75, 3.05) is 7.11 Å². The van der Waals surface area contributed by atoms with Crippen LogP contribution in [0.4, 0.5) is 0 Å². The normalized spacial score (nSPS) is 11.6. The van der Waals surface area contributed by atoms with Gasteiger partial charge in [0.1, 0.15) is 12.4 Å². The quantitative estimate of drug-likeness (QED) is 0.543. The van der Waals surface area contributed by atoms with Crippen LogP contribution in [0, 0.1) is 13.8 Å². The monoisotopic (exact) mass is 424 g/mol. The Morgan fingerprint density at radius 1 is 1.07 bits per heavy atom. The van der Waals surface area contributed by atoms with Crippen molar-refractivity contribution in [1.29, 1.82) is 0 Å². The third kappa shape index (κ3) is 5.90. The molecule has 3 rings (SSSR count). The van der Waals surface area contributed by atoms with Crippen LogP contribution in [0.25, 0.3) is 0 Å². The molecule has 0 saturated heterocycles. The minimum atomic E-state index is -0.477. The molecule has 1 amide bonds. The first-order valence-corrected chi connectivity index (χ1v) is 10.4. The van der Waals surface area contributed by atoms with Crippen molar-refractivity contribution in [2.24, 2.45) is 0 Å². The van der Waals surface area contributed by atoms with E-state index in [9.17, 15) is 9.59 Å². The van der Waals surface area contributed by atoms with Crippen molar-refractivity contribution in [2.45, 2.75) is 32.9 Å². The number of nitrogens with zero attached hydrogens (tertiary/aromatic N) is 1. The smallest absolute Gasteiger partial charge is 0.307 e. The fourth-order valence-corrected chi connectivity index (χ4v) is 3.47. The highest BCUT2D eigenvalue weighted by Gasteiger charge is 2.19. The predicted molar refractivity (Wildman–Crippen MR) is 116 cm³/mol. The number of thiazole rings is 1. The fraction of sp³-hybridized carbons (Fsp3) is 0.261. The zero-order valence-corrected chi connectivity index (χ0v) is 18.0. The van der Waals surface area contributed by atoms with E-state index in [1.54, 1.807) is 35.6 Å². The largest absolute Gasteiger partial charge is 0.487 e. The fourth-order valence-electron chi connectivity index (χ4n) is 2.88. The van der Waals surface area contributed by atoms with Gasteiger partial charge in [-0.3, -0.25) is 9.59 Å². The third-order valence-corrected chi connectivity index (χ3v) is 5.38. The van der Waals surface area contributed by atoms with E-state index < -0.39 is 6.04 Å². The Kier molecular flexibility index (Phi) is 7.19. The molecule has 1 N–H and O–H groups in total. The van der Waals surface area contributed by atoms with E-state index in [-0.39, 0.29) is 18.3 Å². The van der Waals surface area contributed by atoms with Gasteiger partial charge in [0.05, 0.1) is 30.3 Å². The van der Waals surface area contributed by atoms with Gasteiger partial charge in [0.2, 0.25) is 0 Å². The number of esters is 1. The number of nitrogens with one attached hydrogen (secondary N) is 1. The summed E-state index contributed by atoms with van der Waals surface area (Å²) < 4.78 is 10.5. The number of aromatic nitrogens is 1. The zero-order chi connectivity index (χ0) is 21.5. The molecule has 2 aromatic carbocycles. The van der Waals surface area contributed by atoms with Gasteiger partial charge in [0.15, 0.2) is 0 Å². The molecule has 1 unspecified atom stereocenters. The maximum Gasteiger partial charge on any atom is 0.307 e. The predicted octanol–water partition coefficient (Wildman–Crippen LogP) is 4.37. The SMILES string of the molecule is COC(=O)CC(NC(=O)c1ccc(OCc2csc(C)n2)cc1)c1ccc(C)cc1.